The maximum atomic E-state index is 10.0. The first kappa shape index (κ1) is 36.3. The van der Waals surface area contributed by atoms with Crippen LogP contribution in [-0.2, 0) is 51.7 Å². The van der Waals surface area contributed by atoms with Crippen molar-refractivity contribution in [1.29, 1.82) is 0 Å². The molecule has 2 heterocycles. The molecule has 0 saturated carbocycles. The summed E-state index contributed by atoms with van der Waals surface area (Å²) in [7, 11) is 0. The molecule has 0 aliphatic rings. The summed E-state index contributed by atoms with van der Waals surface area (Å²) in [5, 5.41) is 21.4. The Hall–Kier alpha value is -3.72. The zero-order chi connectivity index (χ0) is 29.1. The molecule has 0 atom stereocenters. The number of hydrogen-bond acceptors (Lipinski definition) is 6. The third kappa shape index (κ3) is 11.3. The maximum absolute atomic E-state index is 10.0. The average molecular weight is 921 g/mol. The van der Waals surface area contributed by atoms with Crippen LogP contribution in [0.25, 0.3) is 44.1 Å². The van der Waals surface area contributed by atoms with Crippen molar-refractivity contribution in [1.82, 2.24) is 9.97 Å². The summed E-state index contributed by atoms with van der Waals surface area (Å²) in [4.78, 5) is 28.9. The number of hydrogen-bond donors (Lipinski definition) is 2. The van der Waals surface area contributed by atoms with Gasteiger partial charge in [-0.1, -0.05) is 36.4 Å². The topological polar surface area (TPSA) is 100 Å². The molecule has 5 rings (SSSR count). The Labute approximate surface area is 274 Å². The van der Waals surface area contributed by atoms with E-state index in [0.717, 1.165) is 27.9 Å². The van der Waals surface area contributed by atoms with E-state index < -0.39 is 0 Å². The molecule has 0 amide bonds. The van der Waals surface area contributed by atoms with Gasteiger partial charge in [0.2, 0.25) is 0 Å². The van der Waals surface area contributed by atoms with Gasteiger partial charge in [-0.2, -0.15) is 0 Å². The molecule has 0 unspecified atom stereocenters. The van der Waals surface area contributed by atoms with E-state index in [1.54, 1.807) is 0 Å². The quantitative estimate of drug-likeness (QED) is 0.0828. The van der Waals surface area contributed by atoms with E-state index in [4.69, 9.17) is 10.2 Å². The van der Waals surface area contributed by atoms with Gasteiger partial charge in [0, 0.05) is 66.7 Å². The summed E-state index contributed by atoms with van der Waals surface area (Å²) in [5.74, 6) is -0.125. The van der Waals surface area contributed by atoms with Crippen LogP contribution in [-0.4, -0.2) is 31.7 Å². The van der Waals surface area contributed by atoms with Crippen molar-refractivity contribution < 1.29 is 61.9 Å². The predicted molar refractivity (Wildman–Crippen MR) is 160 cm³/mol. The largest absolute Gasteiger partial charge is 0.512 e. The SMILES string of the molecule is CC(=O)/C=C(/C)O.CC(=O)/C=C(/C)O.[Pt].[Pt].[c-]1cc2c(ccc3c[c-]c(-c4ccccn4)cc32)cc1-c1ccccn1. The third-order valence-corrected chi connectivity index (χ3v) is 5.40. The van der Waals surface area contributed by atoms with Crippen molar-refractivity contribution in [2.45, 2.75) is 27.7 Å². The molecule has 3 aromatic carbocycles. The smallest absolute Gasteiger partial charge is 0.155 e. The summed E-state index contributed by atoms with van der Waals surface area (Å²) in [6.45, 7) is 5.70. The van der Waals surface area contributed by atoms with Crippen LogP contribution in [0.2, 0.25) is 0 Å². The van der Waals surface area contributed by atoms with Crippen molar-refractivity contribution in [3.63, 3.8) is 0 Å². The number of ketones is 2. The number of aliphatic hydroxyl groups excluding tert-OH is 2. The number of aliphatic hydroxyl groups is 2. The molecule has 0 saturated heterocycles. The molecule has 0 radical (unpaired) electrons. The summed E-state index contributed by atoms with van der Waals surface area (Å²) < 4.78 is 0. The minimum absolute atomic E-state index is 0. The zero-order valence-corrected chi connectivity index (χ0v) is 28.0. The molecule has 0 spiro atoms. The molecule has 222 valence electrons. The summed E-state index contributed by atoms with van der Waals surface area (Å²) in [6.07, 6.45) is 5.95. The van der Waals surface area contributed by atoms with Crippen molar-refractivity contribution in [2.24, 2.45) is 0 Å². The van der Waals surface area contributed by atoms with E-state index in [0.29, 0.717) is 0 Å². The Morgan fingerprint density at radius 2 is 1.12 bits per heavy atom. The third-order valence-electron chi connectivity index (χ3n) is 5.40. The monoisotopic (exact) mass is 920 g/mol. The van der Waals surface area contributed by atoms with Crippen LogP contribution in [0.4, 0.5) is 0 Å². The molecular weight excluding hydrogens is 891 g/mol. The molecule has 6 nitrogen and oxygen atoms in total. The molecule has 5 aromatic rings. The van der Waals surface area contributed by atoms with Gasteiger partial charge < -0.3 is 20.2 Å². The van der Waals surface area contributed by atoms with Crippen molar-refractivity contribution >= 4 is 33.1 Å². The molecule has 8 heteroatoms. The number of nitrogens with zero attached hydrogens (tertiary/aromatic N) is 2. The van der Waals surface area contributed by atoms with Gasteiger partial charge in [-0.3, -0.25) is 9.59 Å². The molecule has 0 aliphatic carbocycles. The Balaban J connectivity index is 0.000000466. The number of fused-ring (bicyclic) bond motifs is 3. The second kappa shape index (κ2) is 18.0. The van der Waals surface area contributed by atoms with Gasteiger partial charge in [0.05, 0.1) is 11.5 Å². The van der Waals surface area contributed by atoms with Crippen LogP contribution >= 0.6 is 0 Å². The van der Waals surface area contributed by atoms with E-state index in [9.17, 15) is 9.59 Å². The van der Waals surface area contributed by atoms with Gasteiger partial charge in [0.25, 0.3) is 0 Å². The number of carbonyl (C=O) groups is 2. The molecule has 0 aliphatic heterocycles. The van der Waals surface area contributed by atoms with Crippen LogP contribution in [0.1, 0.15) is 27.7 Å². The number of allylic oxidation sites excluding steroid dienone is 4. The summed E-state index contributed by atoms with van der Waals surface area (Å²) in [5.41, 5.74) is 3.87. The van der Waals surface area contributed by atoms with Crippen molar-refractivity contribution in [2.75, 3.05) is 0 Å². The Morgan fingerprint density at radius 1 is 0.643 bits per heavy atom. The van der Waals surface area contributed by atoms with Crippen LogP contribution in [0.5, 0.6) is 0 Å². The van der Waals surface area contributed by atoms with Crippen LogP contribution in [0, 0.1) is 12.1 Å². The second-order valence-corrected chi connectivity index (χ2v) is 8.99. The fourth-order valence-corrected chi connectivity index (χ4v) is 3.86. The first-order valence-electron chi connectivity index (χ1n) is 12.5. The molecule has 0 bridgehead atoms. The summed E-state index contributed by atoms with van der Waals surface area (Å²) >= 11 is 0. The second-order valence-electron chi connectivity index (χ2n) is 8.99. The minimum Gasteiger partial charge on any atom is -0.512 e. The summed E-state index contributed by atoms with van der Waals surface area (Å²) in [6, 6.07) is 31.3. The zero-order valence-electron chi connectivity index (χ0n) is 23.5. The number of aromatic nitrogens is 2. The maximum Gasteiger partial charge on any atom is 0.155 e. The van der Waals surface area contributed by atoms with Crippen molar-refractivity contribution in [3.8, 4) is 22.5 Å². The van der Waals surface area contributed by atoms with Gasteiger partial charge in [0.1, 0.15) is 0 Å². The molecule has 0 fully saturated rings. The Kier molecular flexibility index (Phi) is 15.5. The molecule has 2 N–H and O–H groups in total. The van der Waals surface area contributed by atoms with Crippen LogP contribution < -0.4 is 0 Å². The molecular formula is C34H30N2O4Pt2-2. The fraction of sp³-hybridized carbons (Fsp3) is 0.118. The number of pyridine rings is 2. The number of rotatable bonds is 4. The van der Waals surface area contributed by atoms with Gasteiger partial charge in [-0.15, -0.1) is 69.1 Å². The Bertz CT molecular complexity index is 1650. The predicted octanol–water partition coefficient (Wildman–Crippen LogP) is 7.79. The fourth-order valence-electron chi connectivity index (χ4n) is 3.86. The first-order valence-corrected chi connectivity index (χ1v) is 12.5. The molecule has 2 aromatic heterocycles. The standard InChI is InChI=1S/C24H14N2.2C5H8O2.2Pt/c1-3-13-25-23(5-1)19-11-12-21-18(15-19)9-7-17-8-10-20(16-22(17)21)24-6-2-4-14-26-24;2*1-4(6)3-5(2)7;;/h1-9,12-16H;2*3,6H,1-2H3;;/q-2;;;;/b;2*4-3-;;. The van der Waals surface area contributed by atoms with E-state index in [1.165, 1.54) is 56.0 Å². The van der Waals surface area contributed by atoms with Crippen LogP contribution in [0.15, 0.2) is 109 Å². The van der Waals surface area contributed by atoms with Gasteiger partial charge in [-0.25, -0.2) is 0 Å². The van der Waals surface area contributed by atoms with Gasteiger partial charge >= 0.3 is 0 Å². The van der Waals surface area contributed by atoms with E-state index in [1.807, 2.05) is 54.9 Å². The van der Waals surface area contributed by atoms with E-state index in [2.05, 4.69) is 52.4 Å². The number of carbonyl (C=O) groups excluding carboxylic acids is 2. The van der Waals surface area contributed by atoms with E-state index in [-0.39, 0.29) is 65.2 Å². The van der Waals surface area contributed by atoms with E-state index >= 15 is 0 Å². The van der Waals surface area contributed by atoms with Gasteiger partial charge in [0.15, 0.2) is 11.6 Å². The average Bonchev–Trinajstić information content (AvgIpc) is 2.92. The number of benzene rings is 3. The normalized spacial score (nSPS) is 10.7. The first-order chi connectivity index (χ1) is 19.1. The van der Waals surface area contributed by atoms with Gasteiger partial charge in [-0.05, 0) is 51.2 Å². The van der Waals surface area contributed by atoms with Crippen LogP contribution in [0.3, 0.4) is 0 Å². The minimum atomic E-state index is -0.125. The van der Waals surface area contributed by atoms with Crippen molar-refractivity contribution in [3.05, 3.63) is 121 Å². The Morgan fingerprint density at radius 3 is 1.55 bits per heavy atom. The molecule has 42 heavy (non-hydrogen) atoms.